The van der Waals surface area contributed by atoms with Crippen LogP contribution in [0.3, 0.4) is 0 Å². The number of hydrogen-bond acceptors (Lipinski definition) is 4. The van der Waals surface area contributed by atoms with Crippen molar-refractivity contribution in [3.63, 3.8) is 0 Å². The fourth-order valence-corrected chi connectivity index (χ4v) is 1.31. The molecule has 1 aromatic heterocycles. The number of pyridine rings is 1. The van der Waals surface area contributed by atoms with Crippen LogP contribution in [-0.4, -0.2) is 28.2 Å². The molecule has 1 atom stereocenters. The first-order chi connectivity index (χ1) is 8.50. The van der Waals surface area contributed by atoms with Gasteiger partial charge in [0.05, 0.1) is 5.69 Å². The molecule has 0 aliphatic rings. The van der Waals surface area contributed by atoms with Crippen LogP contribution < -0.4 is 5.32 Å². The van der Waals surface area contributed by atoms with Crippen LogP contribution >= 0.6 is 0 Å². The zero-order valence-corrected chi connectivity index (χ0v) is 10.3. The smallest absolute Gasteiger partial charge is 0.408 e. The van der Waals surface area contributed by atoms with Gasteiger partial charge in [-0.3, -0.25) is 4.98 Å². The predicted molar refractivity (Wildman–Crippen MR) is 63.8 cm³/mol. The summed E-state index contributed by atoms with van der Waals surface area (Å²) in [7, 11) is 0. The topological polar surface area (TPSA) is 88.5 Å². The Morgan fingerprint density at radius 3 is 2.67 bits per heavy atom. The lowest BCUT2D eigenvalue weighted by Gasteiger charge is -2.17. The average molecular weight is 252 g/mol. The van der Waals surface area contributed by atoms with Crippen LogP contribution in [0.5, 0.6) is 0 Å². The fourth-order valence-electron chi connectivity index (χ4n) is 1.31. The van der Waals surface area contributed by atoms with Crippen LogP contribution in [0.1, 0.15) is 19.5 Å². The Labute approximate surface area is 105 Å². The lowest BCUT2D eigenvalue weighted by molar-refractivity contribution is -0.140. The van der Waals surface area contributed by atoms with E-state index >= 15 is 0 Å². The van der Waals surface area contributed by atoms with Gasteiger partial charge in [0, 0.05) is 6.20 Å². The van der Waals surface area contributed by atoms with E-state index in [9.17, 15) is 9.59 Å². The first-order valence-corrected chi connectivity index (χ1v) is 5.56. The molecule has 0 aliphatic carbocycles. The molecule has 0 aliphatic heterocycles. The van der Waals surface area contributed by atoms with E-state index < -0.39 is 18.1 Å². The van der Waals surface area contributed by atoms with Crippen molar-refractivity contribution in [3.05, 3.63) is 30.1 Å². The van der Waals surface area contributed by atoms with Crippen molar-refractivity contribution in [2.45, 2.75) is 26.5 Å². The average Bonchev–Trinajstić information content (AvgIpc) is 2.34. The van der Waals surface area contributed by atoms with Gasteiger partial charge >= 0.3 is 12.1 Å². The lowest BCUT2D eigenvalue weighted by atomic mass is 10.1. The van der Waals surface area contributed by atoms with Gasteiger partial charge in [0.2, 0.25) is 0 Å². The number of carbonyl (C=O) groups is 2. The second-order valence-electron chi connectivity index (χ2n) is 4.10. The number of hydrogen-bond donors (Lipinski definition) is 2. The van der Waals surface area contributed by atoms with Gasteiger partial charge in [-0.05, 0) is 18.1 Å². The monoisotopic (exact) mass is 252 g/mol. The Bertz CT molecular complexity index is 406. The molecule has 2 N–H and O–H groups in total. The van der Waals surface area contributed by atoms with Crippen molar-refractivity contribution >= 4 is 12.1 Å². The van der Waals surface area contributed by atoms with Gasteiger partial charge in [0.15, 0.2) is 0 Å². The van der Waals surface area contributed by atoms with Crippen LogP contribution in [0, 0.1) is 5.92 Å². The molecule has 18 heavy (non-hydrogen) atoms. The molecule has 0 radical (unpaired) electrons. The van der Waals surface area contributed by atoms with Crippen LogP contribution in [0.25, 0.3) is 0 Å². The molecular formula is C12H16N2O4. The molecule has 1 rings (SSSR count). The molecule has 6 nitrogen and oxygen atoms in total. The number of carbonyl (C=O) groups excluding carboxylic acids is 1. The van der Waals surface area contributed by atoms with Crippen molar-refractivity contribution in [1.29, 1.82) is 0 Å². The van der Waals surface area contributed by atoms with E-state index in [1.54, 1.807) is 38.2 Å². The Balaban J connectivity index is 2.44. The second kappa shape index (κ2) is 6.58. The molecule has 1 aromatic rings. The Kier molecular flexibility index (Phi) is 5.10. The van der Waals surface area contributed by atoms with E-state index in [1.807, 2.05) is 0 Å². The van der Waals surface area contributed by atoms with E-state index in [0.717, 1.165) is 0 Å². The second-order valence-corrected chi connectivity index (χ2v) is 4.10. The van der Waals surface area contributed by atoms with E-state index in [-0.39, 0.29) is 12.5 Å². The maximum Gasteiger partial charge on any atom is 0.408 e. The molecule has 0 bridgehead atoms. The molecular weight excluding hydrogens is 236 g/mol. The molecule has 1 amide bonds. The summed E-state index contributed by atoms with van der Waals surface area (Å²) in [6, 6.07) is 4.28. The summed E-state index contributed by atoms with van der Waals surface area (Å²) in [6.07, 6.45) is 0.826. The number of ether oxygens (including phenoxy) is 1. The summed E-state index contributed by atoms with van der Waals surface area (Å²) < 4.78 is 4.88. The largest absolute Gasteiger partial charge is 0.480 e. The van der Waals surface area contributed by atoms with Gasteiger partial charge in [-0.1, -0.05) is 19.9 Å². The standard InChI is InChI=1S/C12H16N2O4/c1-8(2)10(11(15)16)14-12(17)18-7-9-5-3-4-6-13-9/h3-6,8,10H,7H2,1-2H3,(H,14,17)(H,15,16)/t10-/m0/s1. The van der Waals surface area contributed by atoms with Crippen LogP contribution in [-0.2, 0) is 16.1 Å². The minimum absolute atomic E-state index is 0.0110. The Morgan fingerprint density at radius 1 is 1.44 bits per heavy atom. The predicted octanol–water partition coefficient (Wildman–Crippen LogP) is 1.42. The number of carboxylic acid groups (broad SMARTS) is 1. The molecule has 0 saturated carbocycles. The molecule has 1 heterocycles. The van der Waals surface area contributed by atoms with Gasteiger partial charge in [-0.2, -0.15) is 0 Å². The molecule has 0 aromatic carbocycles. The summed E-state index contributed by atoms with van der Waals surface area (Å²) in [6.45, 7) is 3.42. The van der Waals surface area contributed by atoms with Crippen molar-refractivity contribution in [3.8, 4) is 0 Å². The number of amides is 1. The molecule has 98 valence electrons. The van der Waals surface area contributed by atoms with Gasteiger partial charge in [-0.15, -0.1) is 0 Å². The Hall–Kier alpha value is -2.11. The van der Waals surface area contributed by atoms with E-state index in [2.05, 4.69) is 10.3 Å². The molecule has 0 fully saturated rings. The quantitative estimate of drug-likeness (QED) is 0.827. The molecule has 0 spiro atoms. The fraction of sp³-hybridized carbons (Fsp3) is 0.417. The summed E-state index contributed by atoms with van der Waals surface area (Å²) in [5, 5.41) is 11.2. The number of nitrogens with one attached hydrogen (secondary N) is 1. The van der Waals surface area contributed by atoms with Crippen molar-refractivity contribution in [2.24, 2.45) is 5.92 Å². The van der Waals surface area contributed by atoms with Gasteiger partial charge < -0.3 is 15.2 Å². The third-order valence-electron chi connectivity index (χ3n) is 2.28. The molecule has 0 saturated heterocycles. The number of aromatic nitrogens is 1. The number of aliphatic carboxylic acids is 1. The van der Waals surface area contributed by atoms with E-state index in [4.69, 9.17) is 9.84 Å². The third-order valence-corrected chi connectivity index (χ3v) is 2.28. The minimum Gasteiger partial charge on any atom is -0.480 e. The summed E-state index contributed by atoms with van der Waals surface area (Å²) in [5.74, 6) is -1.30. The lowest BCUT2D eigenvalue weighted by Crippen LogP contribution is -2.44. The van der Waals surface area contributed by atoms with Crippen molar-refractivity contribution < 1.29 is 19.4 Å². The van der Waals surface area contributed by atoms with Crippen LogP contribution in [0.15, 0.2) is 24.4 Å². The number of alkyl carbamates (subject to hydrolysis) is 1. The normalized spacial score (nSPS) is 11.9. The highest BCUT2D eigenvalue weighted by molar-refractivity contribution is 5.80. The summed E-state index contributed by atoms with van der Waals surface area (Å²) in [5.41, 5.74) is 0.601. The first kappa shape index (κ1) is 14.0. The first-order valence-electron chi connectivity index (χ1n) is 5.56. The minimum atomic E-state index is -1.08. The third kappa shape index (κ3) is 4.40. The highest BCUT2D eigenvalue weighted by Gasteiger charge is 2.23. The maximum atomic E-state index is 11.4. The number of rotatable bonds is 5. The van der Waals surface area contributed by atoms with E-state index in [1.165, 1.54) is 0 Å². The SMILES string of the molecule is CC(C)[C@H](NC(=O)OCc1ccccn1)C(=O)O. The van der Waals surface area contributed by atoms with Gasteiger partial charge in [-0.25, -0.2) is 9.59 Å². The maximum absolute atomic E-state index is 11.4. The zero-order valence-electron chi connectivity index (χ0n) is 10.3. The summed E-state index contributed by atoms with van der Waals surface area (Å²) >= 11 is 0. The zero-order chi connectivity index (χ0) is 13.5. The van der Waals surface area contributed by atoms with Gasteiger partial charge in [0.1, 0.15) is 12.6 Å². The van der Waals surface area contributed by atoms with Crippen molar-refractivity contribution in [1.82, 2.24) is 10.3 Å². The number of nitrogens with zero attached hydrogens (tertiary/aromatic N) is 1. The van der Waals surface area contributed by atoms with E-state index in [0.29, 0.717) is 5.69 Å². The number of carboxylic acids is 1. The van der Waals surface area contributed by atoms with Crippen LogP contribution in [0.2, 0.25) is 0 Å². The van der Waals surface area contributed by atoms with Gasteiger partial charge in [0.25, 0.3) is 0 Å². The molecule has 6 heteroatoms. The highest BCUT2D eigenvalue weighted by atomic mass is 16.5. The van der Waals surface area contributed by atoms with Crippen molar-refractivity contribution in [2.75, 3.05) is 0 Å². The highest BCUT2D eigenvalue weighted by Crippen LogP contribution is 2.03. The Morgan fingerprint density at radius 2 is 2.17 bits per heavy atom. The summed E-state index contributed by atoms with van der Waals surface area (Å²) in [4.78, 5) is 26.3. The molecule has 0 unspecified atom stereocenters. The van der Waals surface area contributed by atoms with Crippen LogP contribution in [0.4, 0.5) is 4.79 Å².